The van der Waals surface area contributed by atoms with Gasteiger partial charge < -0.3 is 15.2 Å². The van der Waals surface area contributed by atoms with Crippen molar-refractivity contribution in [2.24, 2.45) is 0 Å². The Bertz CT molecular complexity index is 250. The van der Waals surface area contributed by atoms with Crippen molar-refractivity contribution in [2.75, 3.05) is 26.8 Å². The van der Waals surface area contributed by atoms with E-state index in [1.165, 1.54) is 0 Å². The average Bonchev–Trinajstić information content (AvgIpc) is 2.74. The molecule has 1 aliphatic rings. The van der Waals surface area contributed by atoms with Crippen LogP contribution in [0.1, 0.15) is 40.5 Å². The molecule has 0 radical (unpaired) electrons. The summed E-state index contributed by atoms with van der Waals surface area (Å²) in [4.78, 5) is 2.41. The average molecular weight is 258 g/mol. The molecule has 0 spiro atoms. The Balaban J connectivity index is 2.55. The van der Waals surface area contributed by atoms with Gasteiger partial charge in [0.2, 0.25) is 0 Å². The molecule has 0 aromatic carbocycles. The molecule has 1 fully saturated rings. The summed E-state index contributed by atoms with van der Waals surface area (Å²) in [5.74, 6) is 0. The van der Waals surface area contributed by atoms with Crippen LogP contribution >= 0.6 is 0 Å². The first-order valence-electron chi connectivity index (χ1n) is 7.13. The van der Waals surface area contributed by atoms with Crippen LogP contribution in [0.4, 0.5) is 0 Å². The third-order valence-electron chi connectivity index (χ3n) is 4.25. The predicted octanol–water partition coefficient (Wildman–Crippen LogP) is 1.23. The molecule has 18 heavy (non-hydrogen) atoms. The molecular weight excluding hydrogens is 228 g/mol. The summed E-state index contributed by atoms with van der Waals surface area (Å²) in [5.41, 5.74) is -0.189. The van der Waals surface area contributed by atoms with Gasteiger partial charge >= 0.3 is 0 Å². The molecule has 1 heterocycles. The van der Waals surface area contributed by atoms with E-state index in [0.717, 1.165) is 26.0 Å². The van der Waals surface area contributed by atoms with Gasteiger partial charge in [-0.3, -0.25) is 4.90 Å². The highest BCUT2D eigenvalue weighted by molar-refractivity contribution is 4.90. The number of aliphatic hydroxyl groups excluding tert-OH is 1. The molecule has 108 valence electrons. The molecule has 0 aromatic heterocycles. The smallest absolute Gasteiger partial charge is 0.0703 e. The van der Waals surface area contributed by atoms with Crippen molar-refractivity contribution in [1.29, 1.82) is 0 Å². The lowest BCUT2D eigenvalue weighted by atomic mass is 9.92. The topological polar surface area (TPSA) is 44.7 Å². The standard InChI is InChI=1S/C14H30N2O2/c1-6-15-14(4,10-17)9-11(2)16(5)13-7-8-18-12(13)3/h11-13,15,17H,6-10H2,1-5H3. The van der Waals surface area contributed by atoms with E-state index >= 15 is 0 Å². The van der Waals surface area contributed by atoms with Crippen LogP contribution in [0.5, 0.6) is 0 Å². The van der Waals surface area contributed by atoms with Crippen LogP contribution in [-0.4, -0.2) is 60.5 Å². The number of likely N-dealkylation sites (N-methyl/N-ethyl adjacent to an activating group) is 2. The maximum atomic E-state index is 9.56. The zero-order valence-corrected chi connectivity index (χ0v) is 12.6. The van der Waals surface area contributed by atoms with E-state index < -0.39 is 0 Å². The van der Waals surface area contributed by atoms with E-state index in [2.05, 4.69) is 45.0 Å². The van der Waals surface area contributed by atoms with Crippen LogP contribution in [0.3, 0.4) is 0 Å². The van der Waals surface area contributed by atoms with Crippen molar-refractivity contribution in [1.82, 2.24) is 10.2 Å². The molecule has 4 heteroatoms. The molecule has 2 N–H and O–H groups in total. The van der Waals surface area contributed by atoms with Gasteiger partial charge in [-0.2, -0.15) is 0 Å². The molecule has 4 unspecified atom stereocenters. The molecule has 0 amide bonds. The van der Waals surface area contributed by atoms with E-state index in [1.54, 1.807) is 0 Å². The lowest BCUT2D eigenvalue weighted by molar-refractivity contribution is 0.0562. The minimum absolute atomic E-state index is 0.176. The largest absolute Gasteiger partial charge is 0.394 e. The minimum atomic E-state index is -0.189. The van der Waals surface area contributed by atoms with E-state index in [-0.39, 0.29) is 12.1 Å². The molecule has 0 saturated carbocycles. The Kier molecular flexibility index (Phi) is 6.05. The van der Waals surface area contributed by atoms with Gasteiger partial charge in [0.1, 0.15) is 0 Å². The Morgan fingerprint density at radius 2 is 2.22 bits per heavy atom. The molecule has 4 atom stereocenters. The fourth-order valence-corrected chi connectivity index (χ4v) is 3.00. The quantitative estimate of drug-likeness (QED) is 0.721. The summed E-state index contributed by atoms with van der Waals surface area (Å²) in [6, 6.07) is 0.930. The predicted molar refractivity (Wildman–Crippen MR) is 74.8 cm³/mol. The van der Waals surface area contributed by atoms with Crippen molar-refractivity contribution in [3.8, 4) is 0 Å². The highest BCUT2D eigenvalue weighted by Gasteiger charge is 2.33. The number of nitrogens with one attached hydrogen (secondary N) is 1. The van der Waals surface area contributed by atoms with E-state index in [4.69, 9.17) is 4.74 Å². The zero-order chi connectivity index (χ0) is 13.8. The van der Waals surface area contributed by atoms with Crippen LogP contribution in [0.15, 0.2) is 0 Å². The van der Waals surface area contributed by atoms with E-state index in [9.17, 15) is 5.11 Å². The van der Waals surface area contributed by atoms with Crippen LogP contribution < -0.4 is 5.32 Å². The van der Waals surface area contributed by atoms with Crippen LogP contribution in [0.2, 0.25) is 0 Å². The number of rotatable bonds is 7. The summed E-state index contributed by atoms with van der Waals surface area (Å²) >= 11 is 0. The monoisotopic (exact) mass is 258 g/mol. The SMILES string of the molecule is CCNC(C)(CO)CC(C)N(C)C1CCOC1C. The zero-order valence-electron chi connectivity index (χ0n) is 12.6. The Morgan fingerprint density at radius 3 is 2.67 bits per heavy atom. The summed E-state index contributed by atoms with van der Waals surface area (Å²) < 4.78 is 5.63. The minimum Gasteiger partial charge on any atom is -0.394 e. The molecular formula is C14H30N2O2. The molecule has 1 saturated heterocycles. The van der Waals surface area contributed by atoms with Crippen molar-refractivity contribution >= 4 is 0 Å². The third kappa shape index (κ3) is 3.92. The lowest BCUT2D eigenvalue weighted by Crippen LogP contribution is -2.52. The molecule has 0 aromatic rings. The second kappa shape index (κ2) is 6.85. The number of ether oxygens (including phenoxy) is 1. The molecule has 1 rings (SSSR count). The highest BCUT2D eigenvalue weighted by Crippen LogP contribution is 2.23. The van der Waals surface area contributed by atoms with Gasteiger partial charge in [0.05, 0.1) is 12.7 Å². The molecule has 0 bridgehead atoms. The van der Waals surface area contributed by atoms with Crippen molar-refractivity contribution < 1.29 is 9.84 Å². The summed E-state index contributed by atoms with van der Waals surface area (Å²) in [5, 5.41) is 12.9. The fraction of sp³-hybridized carbons (Fsp3) is 1.00. The number of hydrogen-bond donors (Lipinski definition) is 2. The van der Waals surface area contributed by atoms with Crippen molar-refractivity contribution in [3.05, 3.63) is 0 Å². The first kappa shape index (κ1) is 15.9. The van der Waals surface area contributed by atoms with E-state index in [0.29, 0.717) is 18.2 Å². The molecule has 0 aliphatic carbocycles. The number of nitrogens with zero attached hydrogens (tertiary/aromatic N) is 1. The van der Waals surface area contributed by atoms with Gasteiger partial charge in [0, 0.05) is 24.2 Å². The lowest BCUT2D eigenvalue weighted by Gasteiger charge is -2.38. The first-order valence-corrected chi connectivity index (χ1v) is 7.13. The Morgan fingerprint density at radius 1 is 1.56 bits per heavy atom. The second-order valence-electron chi connectivity index (χ2n) is 5.90. The van der Waals surface area contributed by atoms with Gasteiger partial charge in [-0.25, -0.2) is 0 Å². The normalized spacial score (nSPS) is 29.5. The summed E-state index contributed by atoms with van der Waals surface area (Å²) in [6.07, 6.45) is 2.37. The van der Waals surface area contributed by atoms with Crippen molar-refractivity contribution in [2.45, 2.75) is 64.3 Å². The van der Waals surface area contributed by atoms with Crippen LogP contribution in [0, 0.1) is 0 Å². The fourth-order valence-electron chi connectivity index (χ4n) is 3.00. The van der Waals surface area contributed by atoms with E-state index in [1.807, 2.05) is 0 Å². The van der Waals surface area contributed by atoms with Gasteiger partial charge in [-0.1, -0.05) is 6.92 Å². The van der Waals surface area contributed by atoms with Gasteiger partial charge in [-0.15, -0.1) is 0 Å². The van der Waals surface area contributed by atoms with Gasteiger partial charge in [0.25, 0.3) is 0 Å². The molecule has 4 nitrogen and oxygen atoms in total. The van der Waals surface area contributed by atoms with Crippen molar-refractivity contribution in [3.63, 3.8) is 0 Å². The summed E-state index contributed by atoms with van der Waals surface area (Å²) in [6.45, 7) is 10.5. The summed E-state index contributed by atoms with van der Waals surface area (Å²) in [7, 11) is 2.17. The Hall–Kier alpha value is -0.160. The van der Waals surface area contributed by atoms with Crippen LogP contribution in [0.25, 0.3) is 0 Å². The first-order chi connectivity index (χ1) is 8.43. The maximum Gasteiger partial charge on any atom is 0.0703 e. The maximum absolute atomic E-state index is 9.56. The molecule has 1 aliphatic heterocycles. The highest BCUT2D eigenvalue weighted by atomic mass is 16.5. The van der Waals surface area contributed by atoms with Gasteiger partial charge in [-0.05, 0) is 47.2 Å². The van der Waals surface area contributed by atoms with Crippen LogP contribution in [-0.2, 0) is 4.74 Å². The van der Waals surface area contributed by atoms with Gasteiger partial charge in [0.15, 0.2) is 0 Å². The Labute approximate surface area is 112 Å². The third-order valence-corrected chi connectivity index (χ3v) is 4.25. The number of aliphatic hydroxyl groups is 1. The number of hydrogen-bond acceptors (Lipinski definition) is 4. The second-order valence-corrected chi connectivity index (χ2v) is 5.90.